The summed E-state index contributed by atoms with van der Waals surface area (Å²) >= 11 is 0. The Morgan fingerprint density at radius 3 is 2.24 bits per heavy atom. The molecule has 1 aliphatic heterocycles. The molecule has 1 saturated heterocycles. The van der Waals surface area contributed by atoms with Crippen LogP contribution in [-0.2, 0) is 17.6 Å². The van der Waals surface area contributed by atoms with E-state index in [1.807, 2.05) is 42.5 Å². The van der Waals surface area contributed by atoms with E-state index in [2.05, 4.69) is 5.32 Å². The molecule has 2 aromatic rings. The van der Waals surface area contributed by atoms with Crippen LogP contribution >= 0.6 is 0 Å². The molecule has 0 aliphatic carbocycles. The topological polar surface area (TPSA) is 77.0 Å². The summed E-state index contributed by atoms with van der Waals surface area (Å²) in [4.78, 5) is 13.4. The summed E-state index contributed by atoms with van der Waals surface area (Å²) in [7, 11) is 4.72. The van der Waals surface area contributed by atoms with Gasteiger partial charge in [0.05, 0.1) is 27.4 Å². The molecule has 0 aromatic heterocycles. The highest BCUT2D eigenvalue weighted by atomic mass is 16.5. The number of rotatable bonds is 9. The maximum absolute atomic E-state index is 13.4. The lowest BCUT2D eigenvalue weighted by Gasteiger charge is -2.26. The molecule has 0 radical (unpaired) electrons. The number of benzene rings is 2. The van der Waals surface area contributed by atoms with Crippen LogP contribution in [0.3, 0.4) is 0 Å². The van der Waals surface area contributed by atoms with E-state index in [4.69, 9.17) is 14.2 Å². The summed E-state index contributed by atoms with van der Waals surface area (Å²) in [5, 5.41) is 13.0. The Labute approximate surface area is 171 Å². The molecule has 0 bridgehead atoms. The Kier molecular flexibility index (Phi) is 6.77. The van der Waals surface area contributed by atoms with E-state index in [1.54, 1.807) is 21.3 Å². The monoisotopic (exact) mass is 399 g/mol. The molecule has 6 heteroatoms. The van der Waals surface area contributed by atoms with Gasteiger partial charge in [-0.15, -0.1) is 0 Å². The number of ether oxygens (including phenoxy) is 3. The molecular weight excluding hydrogens is 370 g/mol. The molecule has 29 heavy (non-hydrogen) atoms. The van der Waals surface area contributed by atoms with Crippen molar-refractivity contribution in [1.29, 1.82) is 0 Å². The molecule has 2 atom stereocenters. The van der Waals surface area contributed by atoms with Crippen LogP contribution in [0.1, 0.15) is 17.5 Å². The highest BCUT2D eigenvalue weighted by Crippen LogP contribution is 2.40. The zero-order chi connectivity index (χ0) is 20.9. The largest absolute Gasteiger partial charge is 0.493 e. The van der Waals surface area contributed by atoms with Gasteiger partial charge in [-0.2, -0.15) is 0 Å². The maximum Gasteiger partial charge on any atom is 0.203 e. The number of carbonyl (C=O) groups excluding carboxylic acids is 1. The van der Waals surface area contributed by atoms with Crippen LogP contribution in [0.15, 0.2) is 42.5 Å². The van der Waals surface area contributed by atoms with Crippen molar-refractivity contribution in [2.24, 2.45) is 5.41 Å². The van der Waals surface area contributed by atoms with Crippen molar-refractivity contribution in [2.75, 3.05) is 34.5 Å². The highest BCUT2D eigenvalue weighted by molar-refractivity contribution is 5.92. The van der Waals surface area contributed by atoms with Crippen LogP contribution in [-0.4, -0.2) is 51.4 Å². The van der Waals surface area contributed by atoms with Crippen molar-refractivity contribution in [3.63, 3.8) is 0 Å². The number of methoxy groups -OCH3 is 3. The van der Waals surface area contributed by atoms with E-state index in [0.717, 1.165) is 11.1 Å². The van der Waals surface area contributed by atoms with Crippen LogP contribution in [0.2, 0.25) is 0 Å². The summed E-state index contributed by atoms with van der Waals surface area (Å²) in [6, 6.07) is 13.4. The highest BCUT2D eigenvalue weighted by Gasteiger charge is 2.46. The van der Waals surface area contributed by atoms with Gasteiger partial charge in [-0.25, -0.2) is 0 Å². The Hall–Kier alpha value is -2.57. The number of Topliss-reactive ketones (excluding diaryl/α,β-unsaturated/α-hetero) is 1. The molecule has 0 saturated carbocycles. The fourth-order valence-corrected chi connectivity index (χ4v) is 4.17. The van der Waals surface area contributed by atoms with Crippen LogP contribution in [0, 0.1) is 5.41 Å². The summed E-state index contributed by atoms with van der Waals surface area (Å²) in [5.41, 5.74) is 1.43. The van der Waals surface area contributed by atoms with E-state index in [9.17, 15) is 9.90 Å². The molecule has 1 heterocycles. The first-order valence-corrected chi connectivity index (χ1v) is 9.78. The Bertz CT molecular complexity index is 813. The molecule has 6 nitrogen and oxygen atoms in total. The molecule has 1 aliphatic rings. The summed E-state index contributed by atoms with van der Waals surface area (Å²) in [5.74, 6) is 1.81. The lowest BCUT2D eigenvalue weighted by molar-refractivity contribution is -0.127. The first-order valence-electron chi connectivity index (χ1n) is 9.78. The number of ketones is 1. The van der Waals surface area contributed by atoms with E-state index in [0.29, 0.717) is 43.1 Å². The normalized spacial score (nSPS) is 21.2. The molecule has 2 aromatic carbocycles. The van der Waals surface area contributed by atoms with E-state index in [-0.39, 0.29) is 18.4 Å². The summed E-state index contributed by atoms with van der Waals surface area (Å²) < 4.78 is 16.2. The van der Waals surface area contributed by atoms with Gasteiger partial charge in [0, 0.05) is 18.6 Å². The number of aliphatic hydroxyl groups is 1. The predicted octanol–water partition coefficient (Wildman–Crippen LogP) is 2.41. The van der Waals surface area contributed by atoms with Gasteiger partial charge in [-0.05, 0) is 42.5 Å². The fraction of sp³-hybridized carbons (Fsp3) is 0.435. The Balaban J connectivity index is 1.83. The maximum atomic E-state index is 13.4. The number of nitrogens with one attached hydrogen (secondary N) is 1. The first-order chi connectivity index (χ1) is 14.1. The van der Waals surface area contributed by atoms with Gasteiger partial charge >= 0.3 is 0 Å². The number of hydrogen-bond donors (Lipinski definition) is 2. The average molecular weight is 399 g/mol. The molecule has 2 N–H and O–H groups in total. The van der Waals surface area contributed by atoms with Crippen molar-refractivity contribution in [1.82, 2.24) is 5.32 Å². The predicted molar refractivity (Wildman–Crippen MR) is 111 cm³/mol. The lowest BCUT2D eigenvalue weighted by atomic mass is 9.75. The van der Waals surface area contributed by atoms with Crippen LogP contribution in [0.5, 0.6) is 17.2 Å². The van der Waals surface area contributed by atoms with Gasteiger partial charge in [0.2, 0.25) is 5.75 Å². The minimum atomic E-state index is -0.596. The minimum absolute atomic E-state index is 0.0167. The first kappa shape index (κ1) is 21.1. The number of carbonyl (C=O) groups is 1. The number of aliphatic hydroxyl groups excluding tert-OH is 1. The zero-order valence-electron chi connectivity index (χ0n) is 17.2. The second kappa shape index (κ2) is 9.29. The Morgan fingerprint density at radius 1 is 1.03 bits per heavy atom. The fourth-order valence-electron chi connectivity index (χ4n) is 4.17. The van der Waals surface area contributed by atoms with Gasteiger partial charge in [0.1, 0.15) is 0 Å². The van der Waals surface area contributed by atoms with Crippen LogP contribution in [0.4, 0.5) is 0 Å². The van der Waals surface area contributed by atoms with Crippen molar-refractivity contribution in [2.45, 2.75) is 25.3 Å². The van der Waals surface area contributed by atoms with Crippen molar-refractivity contribution >= 4 is 5.78 Å². The number of hydrogen-bond acceptors (Lipinski definition) is 6. The molecule has 2 unspecified atom stereocenters. The third-order valence-electron chi connectivity index (χ3n) is 5.67. The van der Waals surface area contributed by atoms with Crippen LogP contribution < -0.4 is 19.5 Å². The zero-order valence-corrected chi connectivity index (χ0v) is 17.2. The van der Waals surface area contributed by atoms with Crippen molar-refractivity contribution < 1.29 is 24.1 Å². The molecule has 0 spiro atoms. The van der Waals surface area contributed by atoms with E-state index < -0.39 is 5.41 Å². The quantitative estimate of drug-likeness (QED) is 0.674. The molecule has 3 rings (SSSR count). The third-order valence-corrected chi connectivity index (χ3v) is 5.67. The van der Waals surface area contributed by atoms with E-state index in [1.165, 1.54) is 0 Å². The third kappa shape index (κ3) is 4.38. The molecule has 1 fully saturated rings. The minimum Gasteiger partial charge on any atom is -0.493 e. The van der Waals surface area contributed by atoms with E-state index >= 15 is 0 Å². The SMILES string of the molecule is COc1cc(CC2NCC(CCO)(Cc3ccccc3)C2=O)cc(OC)c1OC. The standard InChI is InChI=1S/C23H29NO5/c1-27-19-12-17(13-20(28-2)21(19)29-3)11-18-22(26)23(9-10-25,15-24-18)14-16-7-5-4-6-8-16/h4-8,12-13,18,24-25H,9-11,14-15H2,1-3H3. The lowest BCUT2D eigenvalue weighted by Crippen LogP contribution is -2.36. The smallest absolute Gasteiger partial charge is 0.203 e. The van der Waals surface area contributed by atoms with Crippen LogP contribution in [0.25, 0.3) is 0 Å². The van der Waals surface area contributed by atoms with Gasteiger partial charge in [0.25, 0.3) is 0 Å². The second-order valence-electron chi connectivity index (χ2n) is 7.45. The molecule has 0 amide bonds. The summed E-state index contributed by atoms with van der Waals surface area (Å²) in [6.07, 6.45) is 1.57. The second-order valence-corrected chi connectivity index (χ2v) is 7.45. The molecular formula is C23H29NO5. The average Bonchev–Trinajstić information content (AvgIpc) is 3.03. The Morgan fingerprint density at radius 2 is 1.69 bits per heavy atom. The van der Waals surface area contributed by atoms with Gasteiger partial charge in [0.15, 0.2) is 17.3 Å². The van der Waals surface area contributed by atoms with Gasteiger partial charge in [-0.1, -0.05) is 30.3 Å². The van der Waals surface area contributed by atoms with Crippen molar-refractivity contribution in [3.05, 3.63) is 53.6 Å². The van der Waals surface area contributed by atoms with Gasteiger partial charge < -0.3 is 24.6 Å². The molecule has 156 valence electrons. The van der Waals surface area contributed by atoms with Crippen molar-refractivity contribution in [3.8, 4) is 17.2 Å². The van der Waals surface area contributed by atoms with Gasteiger partial charge in [-0.3, -0.25) is 4.79 Å². The summed E-state index contributed by atoms with van der Waals surface area (Å²) in [6.45, 7) is 0.535.